The second-order valence-electron chi connectivity index (χ2n) is 8.79. The highest BCUT2D eigenvalue weighted by molar-refractivity contribution is 5.95. The highest BCUT2D eigenvalue weighted by Gasteiger charge is 2.40. The Labute approximate surface area is 168 Å². The summed E-state index contributed by atoms with van der Waals surface area (Å²) in [7, 11) is 0. The number of nitrogens with zero attached hydrogens (tertiary/aromatic N) is 2. The molecule has 0 amide bonds. The van der Waals surface area contributed by atoms with Gasteiger partial charge in [-0.25, -0.2) is 4.99 Å². The molecule has 6 nitrogen and oxygen atoms in total. The normalized spacial score (nSPS) is 23.2. The van der Waals surface area contributed by atoms with Gasteiger partial charge >= 0.3 is 0 Å². The molecule has 0 aromatic carbocycles. The number of nitrogens with one attached hydrogen (secondary N) is 4. The van der Waals surface area contributed by atoms with Crippen LogP contribution < -0.4 is 16.0 Å². The van der Waals surface area contributed by atoms with Gasteiger partial charge in [0.2, 0.25) is 0 Å². The Hall–Kier alpha value is -2.08. The fraction of sp³-hybridized carbons (Fsp3) is 0.636. The summed E-state index contributed by atoms with van der Waals surface area (Å²) in [5.41, 5.74) is 1.80. The van der Waals surface area contributed by atoms with Crippen molar-refractivity contribution in [2.75, 3.05) is 13.1 Å². The van der Waals surface area contributed by atoms with E-state index in [4.69, 9.17) is 0 Å². The maximum absolute atomic E-state index is 4.69. The molecule has 1 aromatic heterocycles. The Bertz CT molecular complexity index is 726. The number of allylic oxidation sites excluding steroid dienone is 1. The molecule has 1 aliphatic heterocycles. The van der Waals surface area contributed by atoms with Crippen LogP contribution in [0.25, 0.3) is 0 Å². The highest BCUT2D eigenvalue weighted by Crippen LogP contribution is 2.39. The van der Waals surface area contributed by atoms with Crippen LogP contribution in [-0.2, 0) is 0 Å². The van der Waals surface area contributed by atoms with Gasteiger partial charge < -0.3 is 16.0 Å². The van der Waals surface area contributed by atoms with E-state index in [-0.39, 0.29) is 0 Å². The van der Waals surface area contributed by atoms with Gasteiger partial charge in [0.1, 0.15) is 5.84 Å². The Morgan fingerprint density at radius 2 is 2.00 bits per heavy atom. The maximum Gasteiger partial charge on any atom is 0.175 e. The molecule has 0 radical (unpaired) electrons. The summed E-state index contributed by atoms with van der Waals surface area (Å²) in [5, 5.41) is 17.9. The second-order valence-corrected chi connectivity index (χ2v) is 8.79. The quantitative estimate of drug-likeness (QED) is 0.445. The van der Waals surface area contributed by atoms with Crippen molar-refractivity contribution in [3.63, 3.8) is 0 Å². The number of aliphatic imine (C=N–C) groups is 1. The maximum atomic E-state index is 4.69. The average Bonchev–Trinajstić information content (AvgIpc) is 3.32. The van der Waals surface area contributed by atoms with Gasteiger partial charge in [-0.15, -0.1) is 0 Å². The zero-order chi connectivity index (χ0) is 19.4. The zero-order valence-corrected chi connectivity index (χ0v) is 17.1. The molecule has 4 N–H and O–H groups in total. The Morgan fingerprint density at radius 3 is 2.64 bits per heavy atom. The SMILES string of the molecule is C=C(NC(/C=C\C)=Nc1cc(C2CCCC2)[nH]n1)NC1CCC2(CC1)CNC2. The minimum absolute atomic E-state index is 0.498. The third kappa shape index (κ3) is 4.49. The topological polar surface area (TPSA) is 77.1 Å². The number of amidine groups is 1. The molecule has 0 atom stereocenters. The lowest BCUT2D eigenvalue weighted by atomic mass is 9.68. The second kappa shape index (κ2) is 8.52. The summed E-state index contributed by atoms with van der Waals surface area (Å²) in [6, 6.07) is 2.59. The standard InChI is InChI=1S/C22H34N6/c1-3-6-20(26-21-13-19(27-28-21)17-7-4-5-8-17)25-16(2)24-18-9-11-22(12-10-18)14-23-15-22/h3,6,13,17-18,23-24H,2,4-5,7-12,14-15H2,1H3,(H2,25,26,27,28)/b6-3-. The molecule has 0 unspecified atom stereocenters. The summed E-state index contributed by atoms with van der Waals surface area (Å²) < 4.78 is 0. The van der Waals surface area contributed by atoms with Crippen molar-refractivity contribution in [2.24, 2.45) is 10.4 Å². The number of rotatable bonds is 6. The van der Waals surface area contributed by atoms with Crippen molar-refractivity contribution in [2.45, 2.75) is 70.3 Å². The highest BCUT2D eigenvalue weighted by atomic mass is 15.2. The molecule has 3 aliphatic rings. The molecule has 28 heavy (non-hydrogen) atoms. The van der Waals surface area contributed by atoms with Crippen LogP contribution in [0, 0.1) is 5.41 Å². The van der Waals surface area contributed by atoms with Gasteiger partial charge in [-0.3, -0.25) is 5.10 Å². The van der Waals surface area contributed by atoms with Crippen molar-refractivity contribution in [3.8, 4) is 0 Å². The third-order valence-electron chi connectivity index (χ3n) is 6.64. The van der Waals surface area contributed by atoms with E-state index in [1.54, 1.807) is 0 Å². The molecule has 6 heteroatoms. The minimum Gasteiger partial charge on any atom is -0.369 e. The predicted octanol–water partition coefficient (Wildman–Crippen LogP) is 3.86. The van der Waals surface area contributed by atoms with Gasteiger partial charge in [0.25, 0.3) is 0 Å². The molecular weight excluding hydrogens is 348 g/mol. The summed E-state index contributed by atoms with van der Waals surface area (Å²) in [5.74, 6) is 2.93. The molecular formula is C22H34N6. The first-order valence-electron chi connectivity index (χ1n) is 10.9. The van der Waals surface area contributed by atoms with E-state index in [1.165, 1.54) is 70.2 Å². The average molecular weight is 383 g/mol. The number of H-pyrrole nitrogens is 1. The molecule has 152 valence electrons. The monoisotopic (exact) mass is 382 g/mol. The molecule has 2 saturated carbocycles. The van der Waals surface area contributed by atoms with E-state index in [0.29, 0.717) is 17.4 Å². The molecule has 4 rings (SSSR count). The van der Waals surface area contributed by atoms with Gasteiger partial charge in [0, 0.05) is 36.8 Å². The summed E-state index contributed by atoms with van der Waals surface area (Å²) >= 11 is 0. The van der Waals surface area contributed by atoms with Gasteiger partial charge in [-0.05, 0) is 56.9 Å². The first-order chi connectivity index (χ1) is 13.7. The van der Waals surface area contributed by atoms with E-state index in [1.807, 2.05) is 19.1 Å². The summed E-state index contributed by atoms with van der Waals surface area (Å²) in [4.78, 5) is 4.69. The van der Waals surface area contributed by atoms with Crippen LogP contribution in [0.3, 0.4) is 0 Å². The molecule has 2 aliphatic carbocycles. The number of hydrogen-bond donors (Lipinski definition) is 4. The summed E-state index contributed by atoms with van der Waals surface area (Å²) in [6.45, 7) is 8.56. The molecule has 1 saturated heterocycles. The van der Waals surface area contributed by atoms with E-state index in [2.05, 4.69) is 43.8 Å². The number of aromatic nitrogens is 2. The molecule has 2 heterocycles. The van der Waals surface area contributed by atoms with Gasteiger partial charge in [-0.2, -0.15) is 5.10 Å². The number of aromatic amines is 1. The van der Waals surface area contributed by atoms with Crippen molar-refractivity contribution in [3.05, 3.63) is 36.3 Å². The minimum atomic E-state index is 0.498. The number of hydrogen-bond acceptors (Lipinski definition) is 4. The van der Waals surface area contributed by atoms with Crippen LogP contribution in [0.4, 0.5) is 5.82 Å². The van der Waals surface area contributed by atoms with Crippen LogP contribution >= 0.6 is 0 Å². The van der Waals surface area contributed by atoms with Gasteiger partial charge in [-0.1, -0.05) is 25.5 Å². The van der Waals surface area contributed by atoms with Gasteiger partial charge in [0.15, 0.2) is 5.82 Å². The van der Waals surface area contributed by atoms with Crippen molar-refractivity contribution in [1.82, 2.24) is 26.1 Å². The molecule has 1 spiro atoms. The van der Waals surface area contributed by atoms with Gasteiger partial charge in [0.05, 0.1) is 5.82 Å². The van der Waals surface area contributed by atoms with E-state index < -0.39 is 0 Å². The third-order valence-corrected chi connectivity index (χ3v) is 6.64. The van der Waals surface area contributed by atoms with E-state index in [9.17, 15) is 0 Å². The van der Waals surface area contributed by atoms with E-state index in [0.717, 1.165) is 17.5 Å². The van der Waals surface area contributed by atoms with Crippen LogP contribution in [0.5, 0.6) is 0 Å². The van der Waals surface area contributed by atoms with Crippen molar-refractivity contribution < 1.29 is 0 Å². The van der Waals surface area contributed by atoms with Crippen LogP contribution in [-0.4, -0.2) is 35.2 Å². The van der Waals surface area contributed by atoms with E-state index >= 15 is 0 Å². The molecule has 0 bridgehead atoms. The Balaban J connectivity index is 1.32. The summed E-state index contributed by atoms with van der Waals surface area (Å²) in [6.07, 6.45) is 14.1. The first kappa shape index (κ1) is 19.2. The fourth-order valence-electron chi connectivity index (χ4n) is 4.86. The predicted molar refractivity (Wildman–Crippen MR) is 115 cm³/mol. The van der Waals surface area contributed by atoms with Crippen molar-refractivity contribution in [1.29, 1.82) is 0 Å². The fourth-order valence-corrected chi connectivity index (χ4v) is 4.86. The smallest absolute Gasteiger partial charge is 0.175 e. The molecule has 3 fully saturated rings. The Kier molecular flexibility index (Phi) is 5.85. The van der Waals surface area contributed by atoms with Crippen LogP contribution in [0.2, 0.25) is 0 Å². The van der Waals surface area contributed by atoms with Crippen LogP contribution in [0.15, 0.2) is 35.6 Å². The molecule has 1 aromatic rings. The zero-order valence-electron chi connectivity index (χ0n) is 17.1. The largest absolute Gasteiger partial charge is 0.369 e. The lowest BCUT2D eigenvalue weighted by Crippen LogP contribution is -2.56. The van der Waals surface area contributed by atoms with Crippen molar-refractivity contribution >= 4 is 11.7 Å². The Morgan fingerprint density at radius 1 is 1.25 bits per heavy atom. The lowest BCUT2D eigenvalue weighted by Gasteiger charge is -2.47. The van der Waals surface area contributed by atoms with Crippen LogP contribution in [0.1, 0.15) is 69.9 Å². The first-order valence-corrected chi connectivity index (χ1v) is 10.9. The lowest BCUT2D eigenvalue weighted by molar-refractivity contribution is 0.0930.